The molecule has 2 aromatic carbocycles. The summed E-state index contributed by atoms with van der Waals surface area (Å²) in [4.78, 5) is 40.0. The summed E-state index contributed by atoms with van der Waals surface area (Å²) in [6.45, 7) is 3.09. The number of primary amides is 1. The van der Waals surface area contributed by atoms with Crippen molar-refractivity contribution in [3.05, 3.63) is 77.6 Å². The second-order valence-corrected chi connectivity index (χ2v) is 10.5. The number of hydrogen-bond donors (Lipinski definition) is 3. The van der Waals surface area contributed by atoms with Gasteiger partial charge in [0.1, 0.15) is 41.3 Å². The minimum atomic E-state index is -0.728. The summed E-state index contributed by atoms with van der Waals surface area (Å²) in [5, 5.41) is 14.9. The van der Waals surface area contributed by atoms with E-state index in [0.717, 1.165) is 24.5 Å². The van der Waals surface area contributed by atoms with Crippen molar-refractivity contribution >= 4 is 23.7 Å². The molecule has 4 aromatic rings. The highest BCUT2D eigenvalue weighted by atomic mass is 19.1. The lowest BCUT2D eigenvalue weighted by Crippen LogP contribution is -2.49. The molecular formula is C29H32FN9O4. The Bertz CT molecular complexity index is 1640. The zero-order chi connectivity index (χ0) is 30.7. The van der Waals surface area contributed by atoms with E-state index < -0.39 is 17.6 Å². The standard InChI is InChI=1S/C29H32FN9O4/c1-17-9-10-38(29(42)37-15-34-35-16-37)21(11-17)14-39-26(31)24(27(32)40)25(36-39)19-5-3-18(4-6-19)13-33-28(41)22-12-20(30)7-8-23(22)43-2/h3-8,12,15-17,21H,9-11,13-14,31H2,1-2H3,(H2,32,40)(H,33,41)/t17-,21-/m0/s1. The summed E-state index contributed by atoms with van der Waals surface area (Å²) < 4.78 is 21.7. The van der Waals surface area contributed by atoms with Crippen molar-refractivity contribution < 1.29 is 23.5 Å². The fourth-order valence-corrected chi connectivity index (χ4v) is 5.30. The largest absolute Gasteiger partial charge is 0.496 e. The van der Waals surface area contributed by atoms with Crippen molar-refractivity contribution in [1.29, 1.82) is 0 Å². The number of amides is 3. The minimum Gasteiger partial charge on any atom is -0.496 e. The molecule has 224 valence electrons. The monoisotopic (exact) mass is 589 g/mol. The highest BCUT2D eigenvalue weighted by Gasteiger charge is 2.33. The number of benzene rings is 2. The van der Waals surface area contributed by atoms with E-state index in [2.05, 4.69) is 27.5 Å². The molecule has 0 saturated carbocycles. The molecule has 0 radical (unpaired) electrons. The van der Waals surface area contributed by atoms with Gasteiger partial charge in [-0.25, -0.2) is 18.4 Å². The van der Waals surface area contributed by atoms with Crippen LogP contribution >= 0.6 is 0 Å². The highest BCUT2D eigenvalue weighted by molar-refractivity contribution is 6.03. The number of nitrogens with two attached hydrogens (primary N) is 2. The molecule has 1 fully saturated rings. The van der Waals surface area contributed by atoms with E-state index in [1.165, 1.54) is 41.1 Å². The molecule has 5 N–H and O–H groups in total. The Labute approximate surface area is 246 Å². The van der Waals surface area contributed by atoms with E-state index in [1.54, 1.807) is 29.2 Å². The number of ether oxygens (including phenoxy) is 1. The summed E-state index contributed by atoms with van der Waals surface area (Å²) in [5.74, 6) is -1.03. The lowest BCUT2D eigenvalue weighted by molar-refractivity contribution is 0.0946. The summed E-state index contributed by atoms with van der Waals surface area (Å²) in [6, 6.07) is 10.2. The summed E-state index contributed by atoms with van der Waals surface area (Å²) in [7, 11) is 1.40. The number of piperidine rings is 1. The van der Waals surface area contributed by atoms with E-state index in [-0.39, 0.29) is 47.9 Å². The van der Waals surface area contributed by atoms with Crippen LogP contribution in [0.15, 0.2) is 55.1 Å². The number of methoxy groups -OCH3 is 1. The van der Waals surface area contributed by atoms with E-state index in [0.29, 0.717) is 23.7 Å². The average Bonchev–Trinajstić information content (AvgIpc) is 3.65. The van der Waals surface area contributed by atoms with E-state index in [9.17, 15) is 18.8 Å². The number of anilines is 1. The van der Waals surface area contributed by atoms with Crippen molar-refractivity contribution in [3.8, 4) is 17.0 Å². The van der Waals surface area contributed by atoms with E-state index in [4.69, 9.17) is 16.2 Å². The minimum absolute atomic E-state index is 0.0831. The molecule has 0 aliphatic carbocycles. The second kappa shape index (κ2) is 12.3. The molecule has 1 aliphatic rings. The van der Waals surface area contributed by atoms with Gasteiger partial charge in [0, 0.05) is 18.7 Å². The number of halogens is 1. The molecule has 0 spiro atoms. The molecule has 1 saturated heterocycles. The van der Waals surface area contributed by atoms with Crippen LogP contribution in [0.4, 0.5) is 15.0 Å². The molecular weight excluding hydrogens is 557 g/mol. The zero-order valence-electron chi connectivity index (χ0n) is 23.7. The number of nitrogen functional groups attached to an aromatic ring is 1. The molecule has 2 atom stereocenters. The van der Waals surface area contributed by atoms with Gasteiger partial charge < -0.3 is 26.4 Å². The van der Waals surface area contributed by atoms with Crippen LogP contribution in [0, 0.1) is 11.7 Å². The van der Waals surface area contributed by atoms with Crippen LogP contribution in [-0.4, -0.2) is 67.0 Å². The third-order valence-corrected chi connectivity index (χ3v) is 7.57. The quantitative estimate of drug-likeness (QED) is 0.281. The van der Waals surface area contributed by atoms with Gasteiger partial charge >= 0.3 is 6.03 Å². The Balaban J connectivity index is 1.34. The predicted octanol–water partition coefficient (Wildman–Crippen LogP) is 2.67. The number of nitrogens with zero attached hydrogens (tertiary/aromatic N) is 6. The van der Waals surface area contributed by atoms with E-state index >= 15 is 0 Å². The molecule has 3 heterocycles. The van der Waals surface area contributed by atoms with Gasteiger partial charge in [0.2, 0.25) is 0 Å². The fraction of sp³-hybridized carbons (Fsp3) is 0.310. The topological polar surface area (TPSA) is 176 Å². The number of carbonyl (C=O) groups is 3. The van der Waals surface area contributed by atoms with Gasteiger partial charge in [-0.2, -0.15) is 5.10 Å². The number of rotatable bonds is 8. The average molecular weight is 590 g/mol. The number of aromatic nitrogens is 5. The van der Waals surface area contributed by atoms with Crippen LogP contribution in [0.1, 0.15) is 46.0 Å². The van der Waals surface area contributed by atoms with Gasteiger partial charge in [0.25, 0.3) is 11.8 Å². The Hall–Kier alpha value is -5.27. The van der Waals surface area contributed by atoms with Crippen molar-refractivity contribution in [2.45, 2.75) is 38.9 Å². The van der Waals surface area contributed by atoms with Gasteiger partial charge in [0.05, 0.1) is 25.3 Å². The number of hydrogen-bond acceptors (Lipinski definition) is 8. The first-order valence-electron chi connectivity index (χ1n) is 13.7. The van der Waals surface area contributed by atoms with Crippen LogP contribution in [0.3, 0.4) is 0 Å². The van der Waals surface area contributed by atoms with Crippen LogP contribution in [0.2, 0.25) is 0 Å². The van der Waals surface area contributed by atoms with E-state index in [1.807, 2.05) is 0 Å². The molecule has 43 heavy (non-hydrogen) atoms. The second-order valence-electron chi connectivity index (χ2n) is 10.5. The summed E-state index contributed by atoms with van der Waals surface area (Å²) >= 11 is 0. The highest BCUT2D eigenvalue weighted by Crippen LogP contribution is 2.30. The van der Waals surface area contributed by atoms with Gasteiger partial charge in [-0.3, -0.25) is 9.59 Å². The first-order chi connectivity index (χ1) is 20.7. The fourth-order valence-electron chi connectivity index (χ4n) is 5.30. The number of likely N-dealkylation sites (tertiary alicyclic amines) is 1. The zero-order valence-corrected chi connectivity index (χ0v) is 23.7. The van der Waals surface area contributed by atoms with Gasteiger partial charge in [0.15, 0.2) is 0 Å². The Morgan fingerprint density at radius 1 is 1.12 bits per heavy atom. The van der Waals surface area contributed by atoms with Crippen molar-refractivity contribution in [3.63, 3.8) is 0 Å². The summed E-state index contributed by atoms with van der Waals surface area (Å²) in [6.07, 6.45) is 4.28. The molecule has 0 unspecified atom stereocenters. The first kappa shape index (κ1) is 29.2. The molecule has 1 aliphatic heterocycles. The maximum absolute atomic E-state index is 13.7. The van der Waals surface area contributed by atoms with Crippen LogP contribution in [-0.2, 0) is 13.1 Å². The van der Waals surface area contributed by atoms with Crippen LogP contribution < -0.4 is 21.5 Å². The van der Waals surface area contributed by atoms with Crippen molar-refractivity contribution in [2.24, 2.45) is 11.7 Å². The Morgan fingerprint density at radius 3 is 2.51 bits per heavy atom. The third kappa shape index (κ3) is 6.17. The molecule has 3 amide bonds. The Kier molecular flexibility index (Phi) is 8.36. The maximum Gasteiger partial charge on any atom is 0.331 e. The smallest absolute Gasteiger partial charge is 0.331 e. The number of carbonyl (C=O) groups excluding carboxylic acids is 3. The van der Waals surface area contributed by atoms with Gasteiger partial charge in [-0.05, 0) is 42.5 Å². The Morgan fingerprint density at radius 2 is 1.84 bits per heavy atom. The van der Waals surface area contributed by atoms with Crippen LogP contribution in [0.5, 0.6) is 5.75 Å². The molecule has 13 nitrogen and oxygen atoms in total. The van der Waals surface area contributed by atoms with Crippen molar-refractivity contribution in [2.75, 3.05) is 19.4 Å². The maximum atomic E-state index is 13.7. The lowest BCUT2D eigenvalue weighted by Gasteiger charge is -2.38. The predicted molar refractivity (Wildman–Crippen MR) is 154 cm³/mol. The van der Waals surface area contributed by atoms with Crippen molar-refractivity contribution in [1.82, 2.24) is 34.8 Å². The molecule has 0 bridgehead atoms. The third-order valence-electron chi connectivity index (χ3n) is 7.57. The summed E-state index contributed by atoms with van der Waals surface area (Å²) in [5.41, 5.74) is 13.9. The van der Waals surface area contributed by atoms with Gasteiger partial charge in [-0.1, -0.05) is 31.2 Å². The molecule has 2 aromatic heterocycles. The SMILES string of the molecule is COc1ccc(F)cc1C(=O)NCc1ccc(-c2nn(C[C@@H]3C[C@@H](C)CCN3C(=O)n3cnnc3)c(N)c2C(N)=O)cc1. The first-order valence-corrected chi connectivity index (χ1v) is 13.7. The van der Waals surface area contributed by atoms with Gasteiger partial charge in [-0.15, -0.1) is 10.2 Å². The molecule has 5 rings (SSSR count). The number of nitrogens with one attached hydrogen (secondary N) is 1. The van der Waals surface area contributed by atoms with Crippen LogP contribution in [0.25, 0.3) is 11.3 Å². The lowest BCUT2D eigenvalue weighted by atomic mass is 9.92. The normalized spacial score (nSPS) is 16.6. The molecule has 14 heteroatoms.